The number of hydrogen-bond donors (Lipinski definition) is 1. The Bertz CT molecular complexity index is 848. The Morgan fingerprint density at radius 1 is 1.00 bits per heavy atom. The molecule has 0 spiro atoms. The summed E-state index contributed by atoms with van der Waals surface area (Å²) in [6.07, 6.45) is 6.22. The molecule has 6 heteroatoms. The summed E-state index contributed by atoms with van der Waals surface area (Å²) >= 11 is 0. The number of benzene rings is 2. The summed E-state index contributed by atoms with van der Waals surface area (Å²) in [5.74, 6) is 1.01. The predicted molar refractivity (Wildman–Crippen MR) is 125 cm³/mol. The highest BCUT2D eigenvalue weighted by Gasteiger charge is 2.28. The Labute approximate surface area is 190 Å². The summed E-state index contributed by atoms with van der Waals surface area (Å²) in [4.78, 5) is 27.7. The number of carbonyl (C=O) groups is 2. The first kappa shape index (κ1) is 23.6. The van der Waals surface area contributed by atoms with E-state index in [4.69, 9.17) is 9.47 Å². The molecule has 0 saturated heterocycles. The monoisotopic (exact) mass is 438 g/mol. The van der Waals surface area contributed by atoms with Crippen LogP contribution in [0.2, 0.25) is 0 Å². The molecule has 32 heavy (non-hydrogen) atoms. The molecule has 0 unspecified atom stereocenters. The first-order valence-electron chi connectivity index (χ1n) is 11.5. The first-order valence-corrected chi connectivity index (χ1v) is 11.5. The van der Waals surface area contributed by atoms with Crippen molar-refractivity contribution in [2.75, 3.05) is 20.3 Å². The van der Waals surface area contributed by atoms with E-state index in [1.165, 1.54) is 6.42 Å². The summed E-state index contributed by atoms with van der Waals surface area (Å²) in [5, 5.41) is 3.15. The second kappa shape index (κ2) is 12.1. The van der Waals surface area contributed by atoms with Gasteiger partial charge in [-0.25, -0.2) is 0 Å². The van der Waals surface area contributed by atoms with Crippen molar-refractivity contribution in [3.05, 3.63) is 60.2 Å². The summed E-state index contributed by atoms with van der Waals surface area (Å²) < 4.78 is 10.9. The van der Waals surface area contributed by atoms with Gasteiger partial charge in [-0.05, 0) is 56.0 Å². The van der Waals surface area contributed by atoms with E-state index in [0.29, 0.717) is 18.7 Å². The standard InChI is InChI=1S/C26H34N2O4/c1-20(26(30)27-22-11-7-4-8-12-22)28(18-17-21-9-5-3-6-10-21)25(29)19-32-24-15-13-23(31-2)14-16-24/h3,5-6,9-10,13-16,20,22H,4,7-8,11-12,17-19H2,1-2H3,(H,27,30)/t20-/m0/s1. The van der Waals surface area contributed by atoms with E-state index in [2.05, 4.69) is 5.32 Å². The smallest absolute Gasteiger partial charge is 0.261 e. The van der Waals surface area contributed by atoms with Crippen LogP contribution in [-0.4, -0.2) is 49.1 Å². The van der Waals surface area contributed by atoms with Crippen molar-refractivity contribution in [1.29, 1.82) is 0 Å². The van der Waals surface area contributed by atoms with Gasteiger partial charge in [0.1, 0.15) is 17.5 Å². The van der Waals surface area contributed by atoms with Crippen molar-refractivity contribution in [2.45, 2.75) is 57.5 Å². The molecule has 172 valence electrons. The van der Waals surface area contributed by atoms with Crippen LogP contribution in [0.1, 0.15) is 44.6 Å². The lowest BCUT2D eigenvalue weighted by molar-refractivity contribution is -0.141. The zero-order valence-electron chi connectivity index (χ0n) is 19.1. The van der Waals surface area contributed by atoms with Crippen LogP contribution in [-0.2, 0) is 16.0 Å². The van der Waals surface area contributed by atoms with Crippen molar-refractivity contribution >= 4 is 11.8 Å². The summed E-state index contributed by atoms with van der Waals surface area (Å²) in [7, 11) is 1.60. The second-order valence-electron chi connectivity index (χ2n) is 8.31. The molecule has 0 aliphatic heterocycles. The van der Waals surface area contributed by atoms with Crippen molar-refractivity contribution in [2.24, 2.45) is 0 Å². The van der Waals surface area contributed by atoms with Crippen molar-refractivity contribution in [1.82, 2.24) is 10.2 Å². The molecule has 2 aromatic carbocycles. The molecular formula is C26H34N2O4. The molecule has 6 nitrogen and oxygen atoms in total. The predicted octanol–water partition coefficient (Wildman–Crippen LogP) is 3.98. The maximum absolute atomic E-state index is 13.1. The number of hydrogen-bond acceptors (Lipinski definition) is 4. The normalized spacial score (nSPS) is 14.9. The van der Waals surface area contributed by atoms with Gasteiger partial charge in [0.05, 0.1) is 7.11 Å². The molecule has 1 atom stereocenters. The average Bonchev–Trinajstić information content (AvgIpc) is 2.84. The zero-order chi connectivity index (χ0) is 22.8. The Hall–Kier alpha value is -3.02. The minimum atomic E-state index is -0.562. The van der Waals surface area contributed by atoms with Crippen LogP contribution in [0.4, 0.5) is 0 Å². The average molecular weight is 439 g/mol. The Morgan fingerprint density at radius 2 is 1.66 bits per heavy atom. The van der Waals surface area contributed by atoms with E-state index in [9.17, 15) is 9.59 Å². The third kappa shape index (κ3) is 7.01. The van der Waals surface area contributed by atoms with Crippen molar-refractivity contribution < 1.29 is 19.1 Å². The maximum atomic E-state index is 13.1. The molecule has 0 aromatic heterocycles. The van der Waals surface area contributed by atoms with Crippen molar-refractivity contribution in [3.8, 4) is 11.5 Å². The number of amides is 2. The van der Waals surface area contributed by atoms with E-state index in [0.717, 1.165) is 37.0 Å². The lowest BCUT2D eigenvalue weighted by Gasteiger charge is -2.31. The molecule has 1 saturated carbocycles. The van der Waals surface area contributed by atoms with Gasteiger partial charge in [0.25, 0.3) is 5.91 Å². The van der Waals surface area contributed by atoms with Gasteiger partial charge < -0.3 is 19.7 Å². The zero-order valence-corrected chi connectivity index (χ0v) is 19.1. The van der Waals surface area contributed by atoms with Crippen LogP contribution in [0.25, 0.3) is 0 Å². The van der Waals surface area contributed by atoms with E-state index >= 15 is 0 Å². The van der Waals surface area contributed by atoms with Crippen LogP contribution in [0.5, 0.6) is 11.5 Å². The third-order valence-corrected chi connectivity index (χ3v) is 6.02. The Morgan fingerprint density at radius 3 is 2.31 bits per heavy atom. The number of methoxy groups -OCH3 is 1. The topological polar surface area (TPSA) is 67.9 Å². The minimum absolute atomic E-state index is 0.0947. The molecule has 1 fully saturated rings. The van der Waals surface area contributed by atoms with E-state index < -0.39 is 6.04 Å². The molecule has 1 N–H and O–H groups in total. The Kier molecular flexibility index (Phi) is 8.96. The fraction of sp³-hybridized carbons (Fsp3) is 0.462. The van der Waals surface area contributed by atoms with Gasteiger partial charge in [-0.2, -0.15) is 0 Å². The SMILES string of the molecule is COc1ccc(OCC(=O)N(CCc2ccccc2)[C@@H](C)C(=O)NC2CCCCC2)cc1. The molecule has 0 radical (unpaired) electrons. The quantitative estimate of drug-likeness (QED) is 0.609. The van der Waals surface area contributed by atoms with Crippen LogP contribution < -0.4 is 14.8 Å². The number of ether oxygens (including phenoxy) is 2. The van der Waals surface area contributed by atoms with Gasteiger partial charge in [-0.15, -0.1) is 0 Å². The fourth-order valence-corrected chi connectivity index (χ4v) is 4.04. The molecular weight excluding hydrogens is 404 g/mol. The number of nitrogens with one attached hydrogen (secondary N) is 1. The Balaban J connectivity index is 1.63. The molecule has 0 bridgehead atoms. The first-order chi connectivity index (χ1) is 15.6. The van der Waals surface area contributed by atoms with E-state index in [-0.39, 0.29) is 24.5 Å². The highest BCUT2D eigenvalue weighted by Crippen LogP contribution is 2.19. The van der Waals surface area contributed by atoms with Crippen molar-refractivity contribution in [3.63, 3.8) is 0 Å². The maximum Gasteiger partial charge on any atom is 0.261 e. The molecule has 3 rings (SSSR count). The molecule has 2 amide bonds. The summed E-state index contributed by atoms with van der Waals surface area (Å²) in [5.41, 5.74) is 1.13. The van der Waals surface area contributed by atoms with Gasteiger partial charge in [0, 0.05) is 12.6 Å². The number of rotatable bonds is 10. The molecule has 1 aliphatic carbocycles. The van der Waals surface area contributed by atoms with Crippen LogP contribution in [0.3, 0.4) is 0 Å². The van der Waals surface area contributed by atoms with Gasteiger partial charge in [0.2, 0.25) is 5.91 Å². The van der Waals surface area contributed by atoms with E-state index in [1.807, 2.05) is 30.3 Å². The summed E-state index contributed by atoms with van der Waals surface area (Å²) in [6, 6.07) is 16.7. The minimum Gasteiger partial charge on any atom is -0.497 e. The summed E-state index contributed by atoms with van der Waals surface area (Å²) in [6.45, 7) is 2.13. The van der Waals surface area contributed by atoms with E-state index in [1.54, 1.807) is 43.2 Å². The molecule has 1 aliphatic rings. The third-order valence-electron chi connectivity index (χ3n) is 6.02. The van der Waals surface area contributed by atoms with Gasteiger partial charge >= 0.3 is 0 Å². The van der Waals surface area contributed by atoms with Crippen LogP contribution in [0.15, 0.2) is 54.6 Å². The molecule has 0 heterocycles. The molecule has 2 aromatic rings. The second-order valence-corrected chi connectivity index (χ2v) is 8.31. The van der Waals surface area contributed by atoms with Crippen LogP contribution in [0, 0.1) is 0 Å². The number of carbonyl (C=O) groups excluding carboxylic acids is 2. The van der Waals surface area contributed by atoms with Gasteiger partial charge in [0.15, 0.2) is 6.61 Å². The largest absolute Gasteiger partial charge is 0.497 e. The van der Waals surface area contributed by atoms with Gasteiger partial charge in [-0.1, -0.05) is 49.6 Å². The lowest BCUT2D eigenvalue weighted by Crippen LogP contribution is -2.52. The highest BCUT2D eigenvalue weighted by molar-refractivity contribution is 5.88. The fourth-order valence-electron chi connectivity index (χ4n) is 4.04. The number of nitrogens with zero attached hydrogens (tertiary/aromatic N) is 1. The highest BCUT2D eigenvalue weighted by atomic mass is 16.5. The van der Waals surface area contributed by atoms with Crippen LogP contribution >= 0.6 is 0 Å². The van der Waals surface area contributed by atoms with Gasteiger partial charge in [-0.3, -0.25) is 9.59 Å². The lowest BCUT2D eigenvalue weighted by atomic mass is 9.95.